The van der Waals surface area contributed by atoms with Gasteiger partial charge in [-0.05, 0) is 12.1 Å². The number of halogens is 1. The van der Waals surface area contributed by atoms with E-state index < -0.39 is 9.73 Å². The monoisotopic (exact) mass is 257 g/mol. The van der Waals surface area contributed by atoms with Gasteiger partial charge in [0.1, 0.15) is 0 Å². The third-order valence-electron chi connectivity index (χ3n) is 2.39. The van der Waals surface area contributed by atoms with E-state index in [2.05, 4.69) is 10.9 Å². The molecular formula is C12H16ClNOS. The van der Waals surface area contributed by atoms with Crippen LogP contribution in [0, 0.1) is 0 Å². The minimum atomic E-state index is -2.23. The standard InChI is InChI=1S/C12H16ClNOS/c1-5-10-11(13)7-6-8-12(10)14-16(4,15)9(2)3/h5-9H,1H2,2-4H3. The summed E-state index contributed by atoms with van der Waals surface area (Å²) in [5.74, 6) is 0. The molecule has 1 unspecified atom stereocenters. The summed E-state index contributed by atoms with van der Waals surface area (Å²) in [5, 5.41) is 0.583. The van der Waals surface area contributed by atoms with Crippen molar-refractivity contribution >= 4 is 33.1 Å². The van der Waals surface area contributed by atoms with Crippen molar-refractivity contribution in [1.82, 2.24) is 0 Å². The van der Waals surface area contributed by atoms with Crippen molar-refractivity contribution in [2.75, 3.05) is 6.26 Å². The van der Waals surface area contributed by atoms with Gasteiger partial charge in [-0.15, -0.1) is 0 Å². The van der Waals surface area contributed by atoms with Gasteiger partial charge in [-0.3, -0.25) is 0 Å². The summed E-state index contributed by atoms with van der Waals surface area (Å²) in [7, 11) is -2.23. The van der Waals surface area contributed by atoms with E-state index in [1.807, 2.05) is 13.8 Å². The molecule has 0 radical (unpaired) electrons. The predicted octanol–water partition coefficient (Wildman–Crippen LogP) is 4.12. The zero-order valence-corrected chi connectivity index (χ0v) is 11.3. The van der Waals surface area contributed by atoms with Crippen LogP contribution in [0.1, 0.15) is 19.4 Å². The van der Waals surface area contributed by atoms with Gasteiger partial charge in [-0.1, -0.05) is 44.2 Å². The molecule has 0 bridgehead atoms. The molecule has 0 aliphatic carbocycles. The van der Waals surface area contributed by atoms with E-state index >= 15 is 0 Å². The second kappa shape index (κ2) is 5.02. The van der Waals surface area contributed by atoms with Gasteiger partial charge in [0.05, 0.1) is 15.4 Å². The van der Waals surface area contributed by atoms with Crippen LogP contribution in [0.5, 0.6) is 0 Å². The Hall–Kier alpha value is -0.800. The van der Waals surface area contributed by atoms with Crippen molar-refractivity contribution < 1.29 is 4.21 Å². The summed E-state index contributed by atoms with van der Waals surface area (Å²) in [6.07, 6.45) is 3.29. The molecule has 0 saturated heterocycles. The third-order valence-corrected chi connectivity index (χ3v) is 5.03. The Morgan fingerprint density at radius 3 is 2.62 bits per heavy atom. The number of hydrogen-bond acceptors (Lipinski definition) is 2. The summed E-state index contributed by atoms with van der Waals surface area (Å²) in [6.45, 7) is 7.48. The highest BCUT2D eigenvalue weighted by molar-refractivity contribution is 7.93. The minimum Gasteiger partial charge on any atom is -0.249 e. The van der Waals surface area contributed by atoms with Crippen LogP contribution in [-0.2, 0) is 9.73 Å². The number of rotatable bonds is 3. The molecule has 2 nitrogen and oxygen atoms in total. The van der Waals surface area contributed by atoms with Crippen LogP contribution in [0.4, 0.5) is 5.69 Å². The first kappa shape index (κ1) is 13.3. The molecule has 88 valence electrons. The fourth-order valence-electron chi connectivity index (χ4n) is 1.11. The van der Waals surface area contributed by atoms with Crippen molar-refractivity contribution in [3.63, 3.8) is 0 Å². The smallest absolute Gasteiger partial charge is 0.0817 e. The van der Waals surface area contributed by atoms with E-state index in [0.29, 0.717) is 10.7 Å². The maximum atomic E-state index is 12.2. The van der Waals surface area contributed by atoms with Gasteiger partial charge in [0.2, 0.25) is 0 Å². The third kappa shape index (κ3) is 2.86. The summed E-state index contributed by atoms with van der Waals surface area (Å²) in [4.78, 5) is 0. The Kier molecular flexibility index (Phi) is 4.16. The SMILES string of the molecule is C=Cc1c(Cl)cccc1N=S(C)(=O)C(C)C. The fourth-order valence-corrected chi connectivity index (χ4v) is 2.12. The summed E-state index contributed by atoms with van der Waals surface area (Å²) >= 11 is 6.01. The molecule has 0 aliphatic rings. The largest absolute Gasteiger partial charge is 0.249 e. The van der Waals surface area contributed by atoms with Crippen molar-refractivity contribution in [2.24, 2.45) is 4.36 Å². The second-order valence-corrected chi connectivity index (χ2v) is 7.13. The molecule has 0 heterocycles. The first-order valence-corrected chi connectivity index (χ1v) is 7.37. The van der Waals surface area contributed by atoms with Gasteiger partial charge in [-0.2, -0.15) is 4.36 Å². The molecule has 0 amide bonds. The topological polar surface area (TPSA) is 29.4 Å². The molecule has 0 saturated carbocycles. The molecule has 1 aromatic carbocycles. The lowest BCUT2D eigenvalue weighted by Crippen LogP contribution is -2.10. The Labute approximate surface area is 103 Å². The van der Waals surface area contributed by atoms with Gasteiger partial charge in [0, 0.05) is 22.1 Å². The van der Waals surface area contributed by atoms with E-state index in [9.17, 15) is 4.21 Å². The highest BCUT2D eigenvalue weighted by atomic mass is 35.5. The number of nitrogens with zero attached hydrogens (tertiary/aromatic N) is 1. The van der Waals surface area contributed by atoms with Crippen LogP contribution in [-0.4, -0.2) is 15.7 Å². The summed E-state index contributed by atoms with van der Waals surface area (Å²) in [6, 6.07) is 5.36. The lowest BCUT2D eigenvalue weighted by atomic mass is 10.2. The molecule has 16 heavy (non-hydrogen) atoms. The Balaban J connectivity index is 3.42. The first-order valence-electron chi connectivity index (χ1n) is 5.00. The number of hydrogen-bond donors (Lipinski definition) is 0. The van der Waals surface area contributed by atoms with Gasteiger partial charge in [-0.25, -0.2) is 4.21 Å². The summed E-state index contributed by atoms with van der Waals surface area (Å²) in [5.41, 5.74) is 1.38. The van der Waals surface area contributed by atoms with E-state index in [-0.39, 0.29) is 5.25 Å². The molecule has 0 N–H and O–H groups in total. The predicted molar refractivity (Wildman–Crippen MR) is 72.8 cm³/mol. The maximum Gasteiger partial charge on any atom is 0.0817 e. The zero-order chi connectivity index (χ0) is 12.3. The van der Waals surface area contributed by atoms with Gasteiger partial charge in [0.15, 0.2) is 0 Å². The second-order valence-electron chi connectivity index (χ2n) is 3.88. The average molecular weight is 258 g/mol. The van der Waals surface area contributed by atoms with Crippen molar-refractivity contribution in [1.29, 1.82) is 0 Å². The van der Waals surface area contributed by atoms with Gasteiger partial charge in [0.25, 0.3) is 0 Å². The van der Waals surface area contributed by atoms with Crippen LogP contribution in [0.3, 0.4) is 0 Å². The van der Waals surface area contributed by atoms with E-state index in [1.54, 1.807) is 30.5 Å². The molecule has 1 rings (SSSR count). The quantitative estimate of drug-likeness (QED) is 0.801. The van der Waals surface area contributed by atoms with E-state index in [1.165, 1.54) is 0 Å². The summed E-state index contributed by atoms with van der Waals surface area (Å²) < 4.78 is 16.5. The van der Waals surface area contributed by atoms with E-state index in [0.717, 1.165) is 5.56 Å². The van der Waals surface area contributed by atoms with Crippen molar-refractivity contribution in [2.45, 2.75) is 19.1 Å². The zero-order valence-electron chi connectivity index (χ0n) is 9.74. The van der Waals surface area contributed by atoms with Crippen molar-refractivity contribution in [3.8, 4) is 0 Å². The van der Waals surface area contributed by atoms with Gasteiger partial charge < -0.3 is 0 Å². The van der Waals surface area contributed by atoms with Crippen molar-refractivity contribution in [3.05, 3.63) is 35.4 Å². The highest BCUT2D eigenvalue weighted by Gasteiger charge is 2.10. The Bertz CT molecular complexity index is 514. The van der Waals surface area contributed by atoms with E-state index in [4.69, 9.17) is 11.6 Å². The van der Waals surface area contributed by atoms with Crippen LogP contribution in [0.2, 0.25) is 5.02 Å². The van der Waals surface area contributed by atoms with Crippen LogP contribution in [0.25, 0.3) is 6.08 Å². The minimum absolute atomic E-state index is 0.00384. The molecule has 1 aromatic rings. The van der Waals surface area contributed by atoms with Crippen LogP contribution >= 0.6 is 11.6 Å². The fraction of sp³-hybridized carbons (Fsp3) is 0.333. The molecule has 0 fully saturated rings. The molecule has 4 heteroatoms. The lowest BCUT2D eigenvalue weighted by Gasteiger charge is -2.09. The Morgan fingerprint density at radius 1 is 1.50 bits per heavy atom. The average Bonchev–Trinajstić information content (AvgIpc) is 2.17. The maximum absolute atomic E-state index is 12.2. The first-order chi connectivity index (χ1) is 7.38. The van der Waals surface area contributed by atoms with Crippen LogP contribution in [0.15, 0.2) is 29.1 Å². The molecule has 0 spiro atoms. The highest BCUT2D eigenvalue weighted by Crippen LogP contribution is 2.29. The Morgan fingerprint density at radius 2 is 2.12 bits per heavy atom. The molecule has 0 aliphatic heterocycles. The molecular weight excluding hydrogens is 242 g/mol. The molecule has 1 atom stereocenters. The number of benzene rings is 1. The van der Waals surface area contributed by atoms with Crippen LogP contribution < -0.4 is 0 Å². The molecule has 0 aromatic heterocycles. The normalized spacial score (nSPS) is 14.6. The lowest BCUT2D eigenvalue weighted by molar-refractivity contribution is 0.674. The van der Waals surface area contributed by atoms with Gasteiger partial charge >= 0.3 is 0 Å².